The van der Waals surface area contributed by atoms with Gasteiger partial charge in [-0.15, -0.1) is 0 Å². The lowest BCUT2D eigenvalue weighted by Gasteiger charge is -2.44. The van der Waals surface area contributed by atoms with Crippen molar-refractivity contribution in [1.29, 1.82) is 0 Å². The van der Waals surface area contributed by atoms with E-state index in [1.807, 2.05) is 0 Å². The number of hydrogen-bond donors (Lipinski definition) is 1. The van der Waals surface area contributed by atoms with Crippen molar-refractivity contribution in [3.8, 4) is 0 Å². The van der Waals surface area contributed by atoms with Gasteiger partial charge in [-0.1, -0.05) is 43.2 Å². The van der Waals surface area contributed by atoms with Gasteiger partial charge in [-0.05, 0) is 81.4 Å². The van der Waals surface area contributed by atoms with Crippen LogP contribution in [0.15, 0.2) is 42.5 Å². The first kappa shape index (κ1) is 21.2. The van der Waals surface area contributed by atoms with Gasteiger partial charge >= 0.3 is 0 Å². The van der Waals surface area contributed by atoms with Gasteiger partial charge in [0.1, 0.15) is 5.82 Å². The molecule has 3 aromatic rings. The van der Waals surface area contributed by atoms with Crippen LogP contribution in [0.3, 0.4) is 0 Å². The highest BCUT2D eigenvalue weighted by Gasteiger charge is 2.46. The molecule has 2 heterocycles. The van der Waals surface area contributed by atoms with Crippen LogP contribution in [-0.4, -0.2) is 33.4 Å². The first-order valence-corrected chi connectivity index (χ1v) is 12.0. The number of carbonyl (C=O) groups is 1. The molecule has 2 N–H and O–H groups in total. The number of amides is 1. The van der Waals surface area contributed by atoms with Crippen LogP contribution in [0, 0.1) is 19.8 Å². The Labute approximate surface area is 190 Å². The summed E-state index contributed by atoms with van der Waals surface area (Å²) in [6, 6.07) is 15.3. The third-order valence-corrected chi connectivity index (χ3v) is 7.90. The molecule has 32 heavy (non-hydrogen) atoms. The number of nitrogens with two attached hydrogens (primary N) is 1. The number of aryl methyl sites for hydroxylation is 2. The molecule has 0 spiro atoms. The zero-order chi connectivity index (χ0) is 22.3. The van der Waals surface area contributed by atoms with Crippen molar-refractivity contribution in [2.24, 2.45) is 11.7 Å². The first-order chi connectivity index (χ1) is 15.5. The first-order valence-electron chi connectivity index (χ1n) is 12.0. The van der Waals surface area contributed by atoms with Crippen molar-refractivity contribution in [2.75, 3.05) is 13.1 Å². The zero-order valence-electron chi connectivity index (χ0n) is 19.3. The van der Waals surface area contributed by atoms with Crippen LogP contribution >= 0.6 is 0 Å². The summed E-state index contributed by atoms with van der Waals surface area (Å²) in [5.74, 6) is 1.07. The van der Waals surface area contributed by atoms with E-state index in [1.54, 1.807) is 0 Å². The Kier molecular flexibility index (Phi) is 5.54. The molecule has 5 nitrogen and oxygen atoms in total. The number of carbonyl (C=O) groups excluding carboxylic acids is 1. The van der Waals surface area contributed by atoms with E-state index in [-0.39, 0.29) is 17.4 Å². The molecular weight excluding hydrogens is 396 g/mol. The van der Waals surface area contributed by atoms with E-state index in [4.69, 9.17) is 10.7 Å². The second-order valence-electron chi connectivity index (χ2n) is 9.83. The summed E-state index contributed by atoms with van der Waals surface area (Å²) in [6.45, 7) is 7.02. The quantitative estimate of drug-likeness (QED) is 0.640. The number of fused-ring (bicyclic) bond motifs is 1. The number of likely N-dealkylation sites (tertiary alicyclic amines) is 1. The van der Waals surface area contributed by atoms with Crippen LogP contribution in [0.5, 0.6) is 0 Å². The molecule has 0 unspecified atom stereocenters. The lowest BCUT2D eigenvalue weighted by atomic mass is 9.87. The van der Waals surface area contributed by atoms with Crippen LogP contribution in [0.25, 0.3) is 11.0 Å². The molecule has 1 saturated heterocycles. The maximum atomic E-state index is 11.8. The van der Waals surface area contributed by atoms with Gasteiger partial charge in [-0.25, -0.2) is 4.98 Å². The molecule has 2 fully saturated rings. The summed E-state index contributed by atoms with van der Waals surface area (Å²) in [5.41, 5.74) is 11.8. The Morgan fingerprint density at radius 1 is 1.06 bits per heavy atom. The summed E-state index contributed by atoms with van der Waals surface area (Å²) >= 11 is 0. The van der Waals surface area contributed by atoms with Crippen LogP contribution in [0.2, 0.25) is 0 Å². The minimum atomic E-state index is -0.146. The largest absolute Gasteiger partial charge is 0.369 e. The molecule has 2 aliphatic rings. The number of rotatable bonds is 5. The summed E-state index contributed by atoms with van der Waals surface area (Å²) in [7, 11) is 0. The third-order valence-electron chi connectivity index (χ3n) is 7.90. The minimum Gasteiger partial charge on any atom is -0.369 e. The fourth-order valence-electron chi connectivity index (χ4n) is 5.89. The number of imidazole rings is 1. The van der Waals surface area contributed by atoms with Gasteiger partial charge in [-0.2, -0.15) is 0 Å². The number of piperidine rings is 1. The number of hydrogen-bond acceptors (Lipinski definition) is 3. The fourth-order valence-corrected chi connectivity index (χ4v) is 5.89. The van der Waals surface area contributed by atoms with E-state index in [1.165, 1.54) is 40.9 Å². The van der Waals surface area contributed by atoms with Crippen LogP contribution < -0.4 is 5.73 Å². The molecule has 0 bridgehead atoms. The summed E-state index contributed by atoms with van der Waals surface area (Å²) in [5, 5.41) is 0. The molecule has 1 amide bonds. The molecule has 5 heteroatoms. The zero-order valence-corrected chi connectivity index (χ0v) is 19.3. The Hall–Kier alpha value is -2.66. The predicted molar refractivity (Wildman–Crippen MR) is 128 cm³/mol. The second kappa shape index (κ2) is 8.36. The molecule has 1 aromatic heterocycles. The molecule has 2 aromatic carbocycles. The summed E-state index contributed by atoms with van der Waals surface area (Å²) in [4.78, 5) is 19.7. The van der Waals surface area contributed by atoms with Gasteiger partial charge < -0.3 is 10.3 Å². The van der Waals surface area contributed by atoms with Crippen LogP contribution in [-0.2, 0) is 16.9 Å². The van der Waals surface area contributed by atoms with Crippen molar-refractivity contribution in [3.63, 3.8) is 0 Å². The van der Waals surface area contributed by atoms with Crippen LogP contribution in [0.4, 0.5) is 0 Å². The van der Waals surface area contributed by atoms with Gasteiger partial charge in [0.05, 0.1) is 16.6 Å². The second-order valence-corrected chi connectivity index (χ2v) is 9.83. The van der Waals surface area contributed by atoms with E-state index in [9.17, 15) is 4.79 Å². The topological polar surface area (TPSA) is 64.2 Å². The summed E-state index contributed by atoms with van der Waals surface area (Å²) in [6.07, 6.45) is 6.42. The number of primary amides is 1. The van der Waals surface area contributed by atoms with Crippen molar-refractivity contribution >= 4 is 16.9 Å². The standard InChI is InChI=1S/C27H34N4O/c1-19-16-23-24(17-20(19)2)31(18-21-8-4-3-5-9-21)26(29-23)27(12-6-7-13-27)30-14-10-22(11-15-30)25(28)32/h3-5,8-9,16-17,22H,6-7,10-15,18H2,1-2H3,(H2,28,32). The minimum absolute atomic E-state index is 0.0122. The van der Waals surface area contributed by atoms with Crippen LogP contribution in [0.1, 0.15) is 61.0 Å². The number of benzene rings is 2. The lowest BCUT2D eigenvalue weighted by molar-refractivity contribution is -0.123. The molecule has 168 valence electrons. The van der Waals surface area contributed by atoms with E-state index < -0.39 is 0 Å². The van der Waals surface area contributed by atoms with Gasteiger partial charge in [-0.3, -0.25) is 9.69 Å². The number of nitrogens with zero attached hydrogens (tertiary/aromatic N) is 3. The van der Waals surface area contributed by atoms with Gasteiger partial charge in [0, 0.05) is 12.5 Å². The molecule has 1 aliphatic carbocycles. The monoisotopic (exact) mass is 430 g/mol. The lowest BCUT2D eigenvalue weighted by Crippen LogP contribution is -2.51. The Balaban J connectivity index is 1.62. The summed E-state index contributed by atoms with van der Waals surface area (Å²) < 4.78 is 2.47. The smallest absolute Gasteiger partial charge is 0.220 e. The highest BCUT2D eigenvalue weighted by molar-refractivity contribution is 5.79. The van der Waals surface area contributed by atoms with Crippen molar-refractivity contribution < 1.29 is 4.79 Å². The Bertz CT molecular complexity index is 1120. The Morgan fingerprint density at radius 2 is 1.72 bits per heavy atom. The van der Waals surface area contributed by atoms with Crippen molar-refractivity contribution in [3.05, 3.63) is 65.0 Å². The van der Waals surface area contributed by atoms with Gasteiger partial charge in [0.2, 0.25) is 5.91 Å². The predicted octanol–water partition coefficient (Wildman–Crippen LogP) is 4.67. The van der Waals surface area contributed by atoms with E-state index in [0.717, 1.165) is 50.8 Å². The highest BCUT2D eigenvalue weighted by Crippen LogP contribution is 2.46. The molecule has 0 atom stereocenters. The van der Waals surface area contributed by atoms with Gasteiger partial charge in [0.25, 0.3) is 0 Å². The number of aromatic nitrogens is 2. The normalized spacial score (nSPS) is 19.6. The maximum Gasteiger partial charge on any atom is 0.220 e. The molecule has 1 aliphatic heterocycles. The maximum absolute atomic E-state index is 11.8. The van der Waals surface area contributed by atoms with E-state index in [2.05, 4.69) is 65.8 Å². The molecule has 5 rings (SSSR count). The molecule has 0 radical (unpaired) electrons. The Morgan fingerprint density at radius 3 is 2.38 bits per heavy atom. The van der Waals surface area contributed by atoms with Gasteiger partial charge in [0.15, 0.2) is 0 Å². The van der Waals surface area contributed by atoms with Crippen molar-refractivity contribution in [2.45, 2.75) is 64.5 Å². The average molecular weight is 431 g/mol. The SMILES string of the molecule is Cc1cc2nc(C3(N4CCC(C(N)=O)CC4)CCCC3)n(Cc3ccccc3)c2cc1C. The average Bonchev–Trinajstić information content (AvgIpc) is 3.42. The third kappa shape index (κ3) is 3.62. The van der Waals surface area contributed by atoms with E-state index in [0.29, 0.717) is 0 Å². The fraction of sp³-hybridized carbons (Fsp3) is 0.481. The molecular formula is C27H34N4O. The molecule has 1 saturated carbocycles. The van der Waals surface area contributed by atoms with E-state index >= 15 is 0 Å². The van der Waals surface area contributed by atoms with Crippen molar-refractivity contribution in [1.82, 2.24) is 14.5 Å². The highest BCUT2D eigenvalue weighted by atomic mass is 16.1.